The van der Waals surface area contributed by atoms with Crippen molar-refractivity contribution in [2.75, 3.05) is 0 Å². The first kappa shape index (κ1) is 6.09. The SMILES string of the molecule is C[C@@H](N)CCC1CC1. The molecule has 1 atom stereocenters. The van der Waals surface area contributed by atoms with Crippen LogP contribution >= 0.6 is 0 Å². The molecule has 0 aromatic carbocycles. The van der Waals surface area contributed by atoms with Gasteiger partial charge in [0.15, 0.2) is 0 Å². The zero-order valence-electron chi connectivity index (χ0n) is 5.56. The second kappa shape index (κ2) is 2.49. The van der Waals surface area contributed by atoms with Gasteiger partial charge in [-0.1, -0.05) is 12.8 Å². The van der Waals surface area contributed by atoms with Crippen molar-refractivity contribution in [3.63, 3.8) is 0 Å². The lowest BCUT2D eigenvalue weighted by Crippen LogP contribution is -2.14. The van der Waals surface area contributed by atoms with Gasteiger partial charge in [-0.05, 0) is 25.7 Å². The molecule has 1 rings (SSSR count). The Labute approximate surface area is 51.3 Å². The molecule has 1 fully saturated rings. The first-order valence-corrected chi connectivity index (χ1v) is 3.54. The second-order valence-electron chi connectivity index (χ2n) is 3.00. The largest absolute Gasteiger partial charge is 0.328 e. The summed E-state index contributed by atoms with van der Waals surface area (Å²) in [6.45, 7) is 2.09. The summed E-state index contributed by atoms with van der Waals surface area (Å²) in [4.78, 5) is 0. The molecule has 2 N–H and O–H groups in total. The van der Waals surface area contributed by atoms with E-state index in [1.54, 1.807) is 0 Å². The van der Waals surface area contributed by atoms with Gasteiger partial charge in [-0.3, -0.25) is 0 Å². The van der Waals surface area contributed by atoms with Gasteiger partial charge in [0.05, 0.1) is 0 Å². The van der Waals surface area contributed by atoms with Crippen LogP contribution in [-0.2, 0) is 0 Å². The lowest BCUT2D eigenvalue weighted by atomic mass is 10.1. The van der Waals surface area contributed by atoms with Crippen molar-refractivity contribution >= 4 is 0 Å². The lowest BCUT2D eigenvalue weighted by Gasteiger charge is -2.00. The standard InChI is InChI=1S/C7H15N/c1-6(8)2-3-7-4-5-7/h6-7H,2-5,8H2,1H3/t6-/m1/s1. The second-order valence-corrected chi connectivity index (χ2v) is 3.00. The molecule has 1 heteroatoms. The van der Waals surface area contributed by atoms with Gasteiger partial charge in [-0.15, -0.1) is 0 Å². The third-order valence-corrected chi connectivity index (χ3v) is 1.73. The van der Waals surface area contributed by atoms with E-state index < -0.39 is 0 Å². The predicted octanol–water partition coefficient (Wildman–Crippen LogP) is 1.52. The summed E-state index contributed by atoms with van der Waals surface area (Å²) in [5, 5.41) is 0. The van der Waals surface area contributed by atoms with Crippen LogP contribution in [0.3, 0.4) is 0 Å². The van der Waals surface area contributed by atoms with Crippen LogP contribution in [0.25, 0.3) is 0 Å². The highest BCUT2D eigenvalue weighted by molar-refractivity contribution is 4.73. The highest BCUT2D eigenvalue weighted by atomic mass is 14.6. The minimum absolute atomic E-state index is 0.426. The van der Waals surface area contributed by atoms with Crippen LogP contribution in [0, 0.1) is 5.92 Å². The van der Waals surface area contributed by atoms with Crippen molar-refractivity contribution in [2.24, 2.45) is 11.7 Å². The van der Waals surface area contributed by atoms with Crippen LogP contribution in [0.2, 0.25) is 0 Å². The minimum atomic E-state index is 0.426. The van der Waals surface area contributed by atoms with Crippen molar-refractivity contribution in [1.82, 2.24) is 0 Å². The molecule has 48 valence electrons. The topological polar surface area (TPSA) is 26.0 Å². The van der Waals surface area contributed by atoms with E-state index in [9.17, 15) is 0 Å². The molecular weight excluding hydrogens is 98.1 g/mol. The Morgan fingerprint density at radius 1 is 1.62 bits per heavy atom. The van der Waals surface area contributed by atoms with Crippen molar-refractivity contribution in [2.45, 2.75) is 38.6 Å². The molecule has 0 saturated heterocycles. The Balaban J connectivity index is 1.87. The van der Waals surface area contributed by atoms with Gasteiger partial charge in [-0.25, -0.2) is 0 Å². The van der Waals surface area contributed by atoms with Gasteiger partial charge in [-0.2, -0.15) is 0 Å². The third kappa shape index (κ3) is 2.31. The maximum Gasteiger partial charge on any atom is 0.00105 e. The third-order valence-electron chi connectivity index (χ3n) is 1.73. The van der Waals surface area contributed by atoms with E-state index in [1.807, 2.05) is 0 Å². The Hall–Kier alpha value is -0.0400. The van der Waals surface area contributed by atoms with Crippen LogP contribution < -0.4 is 5.73 Å². The molecule has 0 bridgehead atoms. The van der Waals surface area contributed by atoms with Crippen molar-refractivity contribution in [3.8, 4) is 0 Å². The van der Waals surface area contributed by atoms with Gasteiger partial charge in [0.1, 0.15) is 0 Å². The summed E-state index contributed by atoms with van der Waals surface area (Å²) in [5.74, 6) is 1.06. The molecule has 0 amide bonds. The van der Waals surface area contributed by atoms with Gasteiger partial charge in [0.25, 0.3) is 0 Å². The quantitative estimate of drug-likeness (QED) is 0.590. The van der Waals surface area contributed by atoms with Crippen LogP contribution in [-0.4, -0.2) is 6.04 Å². The van der Waals surface area contributed by atoms with E-state index in [4.69, 9.17) is 5.73 Å². The summed E-state index contributed by atoms with van der Waals surface area (Å²) in [5.41, 5.74) is 5.57. The molecule has 1 saturated carbocycles. The number of hydrogen-bond donors (Lipinski definition) is 1. The van der Waals surface area contributed by atoms with Crippen LogP contribution in [0.15, 0.2) is 0 Å². The normalized spacial score (nSPS) is 23.2. The van der Waals surface area contributed by atoms with Crippen molar-refractivity contribution < 1.29 is 0 Å². The Morgan fingerprint density at radius 2 is 2.25 bits per heavy atom. The lowest BCUT2D eigenvalue weighted by molar-refractivity contribution is 0.586. The highest BCUT2D eigenvalue weighted by Gasteiger charge is 2.20. The molecule has 1 aliphatic carbocycles. The highest BCUT2D eigenvalue weighted by Crippen LogP contribution is 2.33. The molecule has 8 heavy (non-hydrogen) atoms. The molecule has 1 nitrogen and oxygen atoms in total. The van der Waals surface area contributed by atoms with Gasteiger partial charge in [0, 0.05) is 6.04 Å². The first-order chi connectivity index (χ1) is 3.79. The summed E-state index contributed by atoms with van der Waals surface area (Å²) in [6, 6.07) is 0.426. The van der Waals surface area contributed by atoms with Gasteiger partial charge < -0.3 is 5.73 Å². The average molecular weight is 113 g/mol. The predicted molar refractivity (Wildman–Crippen MR) is 35.6 cm³/mol. The molecule has 1 aliphatic rings. The summed E-state index contributed by atoms with van der Waals surface area (Å²) in [7, 11) is 0. The molecule has 0 spiro atoms. The molecular formula is C7H15N. The first-order valence-electron chi connectivity index (χ1n) is 3.54. The van der Waals surface area contributed by atoms with Crippen LogP contribution in [0.5, 0.6) is 0 Å². The fourth-order valence-electron chi connectivity index (χ4n) is 0.905. The smallest absolute Gasteiger partial charge is 0.00105 e. The molecule has 0 aromatic heterocycles. The monoisotopic (exact) mass is 113 g/mol. The molecule has 0 heterocycles. The van der Waals surface area contributed by atoms with Crippen LogP contribution in [0.4, 0.5) is 0 Å². The minimum Gasteiger partial charge on any atom is -0.328 e. The van der Waals surface area contributed by atoms with Crippen molar-refractivity contribution in [3.05, 3.63) is 0 Å². The maximum atomic E-state index is 5.57. The Morgan fingerprint density at radius 3 is 2.62 bits per heavy atom. The van der Waals surface area contributed by atoms with Crippen LogP contribution in [0.1, 0.15) is 32.6 Å². The fraction of sp³-hybridized carbons (Fsp3) is 1.00. The number of nitrogens with two attached hydrogens (primary N) is 1. The Bertz CT molecular complexity index is 62.8. The van der Waals surface area contributed by atoms with E-state index >= 15 is 0 Å². The fourth-order valence-corrected chi connectivity index (χ4v) is 0.905. The van der Waals surface area contributed by atoms with Gasteiger partial charge >= 0.3 is 0 Å². The van der Waals surface area contributed by atoms with Crippen molar-refractivity contribution in [1.29, 1.82) is 0 Å². The zero-order valence-corrected chi connectivity index (χ0v) is 5.56. The van der Waals surface area contributed by atoms with E-state index in [2.05, 4.69) is 6.92 Å². The van der Waals surface area contributed by atoms with E-state index in [-0.39, 0.29) is 0 Å². The average Bonchev–Trinajstić information content (AvgIpc) is 2.41. The summed E-state index contributed by atoms with van der Waals surface area (Å²) >= 11 is 0. The van der Waals surface area contributed by atoms with E-state index in [1.165, 1.54) is 25.7 Å². The number of hydrogen-bond acceptors (Lipinski definition) is 1. The van der Waals surface area contributed by atoms with Gasteiger partial charge in [0.2, 0.25) is 0 Å². The van der Waals surface area contributed by atoms with E-state index in [0.29, 0.717) is 6.04 Å². The molecule has 0 radical (unpaired) electrons. The summed E-state index contributed by atoms with van der Waals surface area (Å²) < 4.78 is 0. The van der Waals surface area contributed by atoms with E-state index in [0.717, 1.165) is 5.92 Å². The summed E-state index contributed by atoms with van der Waals surface area (Å²) in [6.07, 6.45) is 5.53. The zero-order chi connectivity index (χ0) is 5.98. The number of rotatable bonds is 3. The molecule has 0 aliphatic heterocycles. The Kier molecular flexibility index (Phi) is 1.90. The molecule has 0 unspecified atom stereocenters. The maximum absolute atomic E-state index is 5.57. The molecule has 0 aromatic rings.